The number of esters is 1. The molecule has 1 unspecified atom stereocenters. The third-order valence-electron chi connectivity index (χ3n) is 3.60. The van der Waals surface area contributed by atoms with Gasteiger partial charge in [-0.15, -0.1) is 0 Å². The van der Waals surface area contributed by atoms with Crippen LogP contribution in [0.2, 0.25) is 0 Å². The lowest BCUT2D eigenvalue weighted by Gasteiger charge is -2.18. The molecule has 0 aromatic heterocycles. The second-order valence-corrected chi connectivity index (χ2v) is 4.88. The summed E-state index contributed by atoms with van der Waals surface area (Å²) in [6.45, 7) is 0.749. The monoisotopic (exact) mass is 293 g/mol. The van der Waals surface area contributed by atoms with E-state index in [0.29, 0.717) is 24.6 Å². The van der Waals surface area contributed by atoms with Gasteiger partial charge in [-0.1, -0.05) is 0 Å². The molecule has 0 aliphatic carbocycles. The quantitative estimate of drug-likeness (QED) is 0.764. The maximum atomic E-state index is 12.0. The van der Waals surface area contributed by atoms with Crippen molar-refractivity contribution in [3.8, 4) is 11.5 Å². The number of carbonyl (C=O) groups is 2. The van der Waals surface area contributed by atoms with E-state index in [4.69, 9.17) is 14.2 Å². The molecule has 1 heterocycles. The molecule has 0 saturated carbocycles. The summed E-state index contributed by atoms with van der Waals surface area (Å²) in [7, 11) is 4.49. The Hall–Kier alpha value is -2.24. The van der Waals surface area contributed by atoms with Gasteiger partial charge in [-0.2, -0.15) is 0 Å². The number of nitrogens with zero attached hydrogens (tertiary/aromatic N) is 1. The van der Waals surface area contributed by atoms with E-state index < -0.39 is 0 Å². The number of rotatable bonds is 5. The Morgan fingerprint density at radius 1 is 1.29 bits per heavy atom. The van der Waals surface area contributed by atoms with E-state index in [-0.39, 0.29) is 24.2 Å². The van der Waals surface area contributed by atoms with E-state index in [1.54, 1.807) is 31.3 Å². The van der Waals surface area contributed by atoms with Crippen LogP contribution in [0.25, 0.3) is 0 Å². The highest BCUT2D eigenvalue weighted by atomic mass is 16.5. The van der Waals surface area contributed by atoms with Crippen molar-refractivity contribution in [1.82, 2.24) is 4.90 Å². The molecule has 6 heteroatoms. The van der Waals surface area contributed by atoms with E-state index in [9.17, 15) is 9.59 Å². The molecule has 1 atom stereocenters. The molecule has 1 aromatic carbocycles. The number of amides is 1. The minimum Gasteiger partial charge on any atom is -0.497 e. The lowest BCUT2D eigenvalue weighted by atomic mass is 10.1. The first kappa shape index (κ1) is 15.2. The van der Waals surface area contributed by atoms with Gasteiger partial charge in [0.1, 0.15) is 11.5 Å². The highest BCUT2D eigenvalue weighted by Crippen LogP contribution is 2.28. The van der Waals surface area contributed by atoms with Gasteiger partial charge in [-0.3, -0.25) is 9.59 Å². The largest absolute Gasteiger partial charge is 0.497 e. The van der Waals surface area contributed by atoms with Gasteiger partial charge in [0.05, 0.1) is 27.2 Å². The van der Waals surface area contributed by atoms with E-state index >= 15 is 0 Å². The second kappa shape index (κ2) is 6.47. The van der Waals surface area contributed by atoms with Crippen molar-refractivity contribution >= 4 is 11.9 Å². The summed E-state index contributed by atoms with van der Waals surface area (Å²) in [4.78, 5) is 25.2. The SMILES string of the molecule is COC(=O)C1CC(=O)N(Cc2cc(OC)ccc2OC)C1. The fourth-order valence-corrected chi connectivity index (χ4v) is 2.46. The fourth-order valence-electron chi connectivity index (χ4n) is 2.46. The third-order valence-corrected chi connectivity index (χ3v) is 3.60. The Morgan fingerprint density at radius 2 is 2.05 bits per heavy atom. The Bertz CT molecular complexity index is 543. The molecule has 2 rings (SSSR count). The summed E-state index contributed by atoms with van der Waals surface area (Å²) >= 11 is 0. The van der Waals surface area contributed by atoms with E-state index in [0.717, 1.165) is 5.56 Å². The molecular formula is C15H19NO5. The first-order chi connectivity index (χ1) is 10.1. The summed E-state index contributed by atoms with van der Waals surface area (Å²) in [5.74, 6) is 0.588. The molecule has 1 fully saturated rings. The second-order valence-electron chi connectivity index (χ2n) is 4.88. The molecule has 1 aliphatic heterocycles. The van der Waals surface area contributed by atoms with Gasteiger partial charge >= 0.3 is 5.97 Å². The molecule has 0 bridgehead atoms. The molecule has 0 spiro atoms. The maximum absolute atomic E-state index is 12.0. The zero-order valence-electron chi connectivity index (χ0n) is 12.4. The van der Waals surface area contributed by atoms with Gasteiger partial charge < -0.3 is 19.1 Å². The molecule has 1 amide bonds. The molecular weight excluding hydrogens is 274 g/mol. The van der Waals surface area contributed by atoms with Crippen molar-refractivity contribution in [1.29, 1.82) is 0 Å². The average molecular weight is 293 g/mol. The number of carbonyl (C=O) groups excluding carboxylic acids is 2. The van der Waals surface area contributed by atoms with Crippen LogP contribution < -0.4 is 9.47 Å². The first-order valence-electron chi connectivity index (χ1n) is 6.65. The third kappa shape index (κ3) is 3.26. The van der Waals surface area contributed by atoms with Gasteiger partial charge in [0, 0.05) is 25.1 Å². The van der Waals surface area contributed by atoms with Crippen LogP contribution in [0.5, 0.6) is 11.5 Å². The average Bonchev–Trinajstić information content (AvgIpc) is 2.87. The van der Waals surface area contributed by atoms with E-state index in [1.165, 1.54) is 7.11 Å². The number of likely N-dealkylation sites (tertiary alicyclic amines) is 1. The Labute approximate surface area is 123 Å². The Balaban J connectivity index is 2.14. The number of hydrogen-bond donors (Lipinski definition) is 0. The van der Waals surface area contributed by atoms with E-state index in [2.05, 4.69) is 0 Å². The van der Waals surface area contributed by atoms with Crippen LogP contribution >= 0.6 is 0 Å². The lowest BCUT2D eigenvalue weighted by molar-refractivity contribution is -0.145. The topological polar surface area (TPSA) is 65.1 Å². The van der Waals surface area contributed by atoms with Crippen molar-refractivity contribution < 1.29 is 23.8 Å². The highest BCUT2D eigenvalue weighted by molar-refractivity contribution is 5.86. The van der Waals surface area contributed by atoms with Crippen LogP contribution in [-0.2, 0) is 20.9 Å². The van der Waals surface area contributed by atoms with Gasteiger partial charge in [0.25, 0.3) is 0 Å². The van der Waals surface area contributed by atoms with Crippen LogP contribution in [0.15, 0.2) is 18.2 Å². The minimum absolute atomic E-state index is 0.0599. The van der Waals surface area contributed by atoms with Crippen molar-refractivity contribution in [2.45, 2.75) is 13.0 Å². The molecule has 1 aromatic rings. The molecule has 1 aliphatic rings. The Morgan fingerprint density at radius 3 is 2.67 bits per heavy atom. The molecule has 1 saturated heterocycles. The van der Waals surface area contributed by atoms with Crippen molar-refractivity contribution in [2.75, 3.05) is 27.9 Å². The van der Waals surface area contributed by atoms with Crippen LogP contribution in [0.4, 0.5) is 0 Å². The smallest absolute Gasteiger partial charge is 0.310 e. The predicted octanol–water partition coefficient (Wildman–Crippen LogP) is 1.23. The fraction of sp³-hybridized carbons (Fsp3) is 0.467. The molecule has 114 valence electrons. The van der Waals surface area contributed by atoms with Crippen molar-refractivity contribution in [3.63, 3.8) is 0 Å². The van der Waals surface area contributed by atoms with Crippen molar-refractivity contribution in [3.05, 3.63) is 23.8 Å². The zero-order valence-corrected chi connectivity index (χ0v) is 12.4. The van der Waals surface area contributed by atoms with Gasteiger partial charge in [0.15, 0.2) is 0 Å². The standard InChI is InChI=1S/C15H19NO5/c1-19-12-4-5-13(20-2)10(6-12)8-16-9-11(7-14(16)17)15(18)21-3/h4-6,11H,7-9H2,1-3H3. The van der Waals surface area contributed by atoms with E-state index in [1.807, 2.05) is 6.07 Å². The molecule has 0 N–H and O–H groups in total. The van der Waals surface area contributed by atoms with Gasteiger partial charge in [0.2, 0.25) is 5.91 Å². The van der Waals surface area contributed by atoms with Gasteiger partial charge in [-0.25, -0.2) is 0 Å². The lowest BCUT2D eigenvalue weighted by Crippen LogP contribution is -2.26. The number of methoxy groups -OCH3 is 3. The maximum Gasteiger partial charge on any atom is 0.310 e. The van der Waals surface area contributed by atoms with Crippen LogP contribution in [0.3, 0.4) is 0 Å². The number of benzene rings is 1. The zero-order chi connectivity index (χ0) is 15.4. The summed E-state index contributed by atoms with van der Waals surface area (Å²) in [5.41, 5.74) is 0.843. The van der Waals surface area contributed by atoms with Crippen LogP contribution in [0, 0.1) is 5.92 Å². The normalized spacial score (nSPS) is 17.8. The summed E-state index contributed by atoms with van der Waals surface area (Å²) < 4.78 is 15.2. The number of hydrogen-bond acceptors (Lipinski definition) is 5. The molecule has 0 radical (unpaired) electrons. The highest BCUT2D eigenvalue weighted by Gasteiger charge is 2.35. The van der Waals surface area contributed by atoms with Crippen LogP contribution in [0.1, 0.15) is 12.0 Å². The minimum atomic E-state index is -0.390. The van der Waals surface area contributed by atoms with Gasteiger partial charge in [-0.05, 0) is 18.2 Å². The summed E-state index contributed by atoms with van der Waals surface area (Å²) in [6.07, 6.45) is 0.193. The molecule has 21 heavy (non-hydrogen) atoms. The van der Waals surface area contributed by atoms with Crippen molar-refractivity contribution in [2.24, 2.45) is 5.92 Å². The molecule has 6 nitrogen and oxygen atoms in total. The van der Waals surface area contributed by atoms with Crippen LogP contribution in [-0.4, -0.2) is 44.7 Å². The first-order valence-corrected chi connectivity index (χ1v) is 6.65. The summed E-state index contributed by atoms with van der Waals surface area (Å²) in [5, 5.41) is 0. The summed E-state index contributed by atoms with van der Waals surface area (Å²) in [6, 6.07) is 5.43. The predicted molar refractivity (Wildman–Crippen MR) is 75.1 cm³/mol. The Kier molecular flexibility index (Phi) is 4.67. The number of ether oxygens (including phenoxy) is 3.